The molecule has 2 rings (SSSR count). The maximum absolute atomic E-state index is 8.80. The zero-order valence-corrected chi connectivity index (χ0v) is 10.2. The van der Waals surface area contributed by atoms with Crippen LogP contribution in [-0.4, -0.2) is 28.1 Å². The highest BCUT2D eigenvalue weighted by molar-refractivity contribution is 6.01. The number of oxime groups is 1. The zero-order valence-electron chi connectivity index (χ0n) is 10.2. The minimum absolute atomic E-state index is 0.0683. The highest BCUT2D eigenvalue weighted by atomic mass is 16.4. The normalized spacial score (nSPS) is 19.6. The minimum Gasteiger partial charge on any atom is -0.409 e. The van der Waals surface area contributed by atoms with E-state index in [0.717, 1.165) is 25.2 Å². The predicted octanol–water partition coefficient (Wildman–Crippen LogP) is 1.55. The molecule has 1 aromatic heterocycles. The van der Waals surface area contributed by atoms with Crippen LogP contribution in [0.5, 0.6) is 0 Å². The zero-order chi connectivity index (χ0) is 12.5. The smallest absolute Gasteiger partial charge is 0.173 e. The molecule has 0 saturated carbocycles. The number of aromatic nitrogens is 1. The molecule has 92 valence electrons. The number of pyridine rings is 1. The maximum atomic E-state index is 8.80. The Bertz CT molecular complexity index is 442. The van der Waals surface area contributed by atoms with Gasteiger partial charge in [-0.3, -0.25) is 0 Å². The standard InChI is InChI=1S/C12H18N4O/c1-12(2)6-4-8-16(12)11-9(10(13)15-17)5-3-7-14-11/h3,5,7,17H,4,6,8H2,1-2H3,(H2,13,15). The van der Waals surface area contributed by atoms with Crippen molar-refractivity contribution in [2.45, 2.75) is 32.2 Å². The lowest BCUT2D eigenvalue weighted by Crippen LogP contribution is -2.40. The van der Waals surface area contributed by atoms with Crippen molar-refractivity contribution >= 4 is 11.7 Å². The molecule has 17 heavy (non-hydrogen) atoms. The van der Waals surface area contributed by atoms with E-state index in [1.165, 1.54) is 0 Å². The van der Waals surface area contributed by atoms with Crippen LogP contribution < -0.4 is 10.6 Å². The molecule has 1 aliphatic heterocycles. The Labute approximate surface area is 101 Å². The van der Waals surface area contributed by atoms with Crippen LogP contribution in [0, 0.1) is 0 Å². The number of amidine groups is 1. The number of rotatable bonds is 2. The van der Waals surface area contributed by atoms with Crippen LogP contribution in [0.25, 0.3) is 0 Å². The fourth-order valence-corrected chi connectivity index (χ4v) is 2.37. The van der Waals surface area contributed by atoms with Gasteiger partial charge in [-0.05, 0) is 38.8 Å². The van der Waals surface area contributed by atoms with Gasteiger partial charge in [0.15, 0.2) is 5.84 Å². The first-order chi connectivity index (χ1) is 8.06. The molecule has 0 atom stereocenters. The van der Waals surface area contributed by atoms with Gasteiger partial charge in [0, 0.05) is 18.3 Å². The van der Waals surface area contributed by atoms with Gasteiger partial charge in [0.1, 0.15) is 5.82 Å². The van der Waals surface area contributed by atoms with E-state index >= 15 is 0 Å². The van der Waals surface area contributed by atoms with Crippen molar-refractivity contribution in [1.29, 1.82) is 0 Å². The Morgan fingerprint density at radius 1 is 1.59 bits per heavy atom. The number of nitrogens with two attached hydrogens (primary N) is 1. The summed E-state index contributed by atoms with van der Waals surface area (Å²) in [6.45, 7) is 5.32. The first kappa shape index (κ1) is 11.7. The molecule has 1 fully saturated rings. The van der Waals surface area contributed by atoms with Gasteiger partial charge in [0.2, 0.25) is 0 Å². The van der Waals surface area contributed by atoms with Crippen molar-refractivity contribution in [3.63, 3.8) is 0 Å². The summed E-state index contributed by atoms with van der Waals surface area (Å²) >= 11 is 0. The lowest BCUT2D eigenvalue weighted by atomic mass is 10.0. The monoisotopic (exact) mass is 234 g/mol. The third kappa shape index (κ3) is 2.05. The molecular weight excluding hydrogens is 216 g/mol. The van der Waals surface area contributed by atoms with Crippen molar-refractivity contribution in [3.05, 3.63) is 23.9 Å². The molecule has 0 aliphatic carbocycles. The molecule has 0 aromatic carbocycles. The Hall–Kier alpha value is -1.78. The molecule has 0 bridgehead atoms. The summed E-state index contributed by atoms with van der Waals surface area (Å²) in [5.41, 5.74) is 6.44. The lowest BCUT2D eigenvalue weighted by Gasteiger charge is -2.33. The largest absolute Gasteiger partial charge is 0.409 e. The second-order valence-corrected chi connectivity index (χ2v) is 4.93. The summed E-state index contributed by atoms with van der Waals surface area (Å²) in [6.07, 6.45) is 4.00. The molecule has 1 aromatic rings. The fraction of sp³-hybridized carbons (Fsp3) is 0.500. The quantitative estimate of drug-likeness (QED) is 0.352. The molecule has 1 saturated heterocycles. The number of anilines is 1. The highest BCUT2D eigenvalue weighted by Gasteiger charge is 2.34. The van der Waals surface area contributed by atoms with Gasteiger partial charge in [0.25, 0.3) is 0 Å². The van der Waals surface area contributed by atoms with Gasteiger partial charge in [-0.15, -0.1) is 0 Å². The number of nitrogens with zero attached hydrogens (tertiary/aromatic N) is 3. The SMILES string of the molecule is CC1(C)CCCN1c1ncccc1C(N)=NO. The van der Waals surface area contributed by atoms with E-state index in [0.29, 0.717) is 5.56 Å². The Balaban J connectivity index is 2.45. The molecule has 0 spiro atoms. The Morgan fingerprint density at radius 2 is 2.35 bits per heavy atom. The van der Waals surface area contributed by atoms with Crippen molar-refractivity contribution < 1.29 is 5.21 Å². The van der Waals surface area contributed by atoms with E-state index in [-0.39, 0.29) is 11.4 Å². The van der Waals surface area contributed by atoms with Gasteiger partial charge in [-0.2, -0.15) is 0 Å². The van der Waals surface area contributed by atoms with Crippen LogP contribution in [0.1, 0.15) is 32.3 Å². The highest BCUT2D eigenvalue weighted by Crippen LogP contribution is 2.33. The van der Waals surface area contributed by atoms with Crippen molar-refractivity contribution in [2.24, 2.45) is 10.9 Å². The van der Waals surface area contributed by atoms with Crippen LogP contribution in [0.4, 0.5) is 5.82 Å². The van der Waals surface area contributed by atoms with Crippen molar-refractivity contribution in [1.82, 2.24) is 4.98 Å². The third-order valence-electron chi connectivity index (χ3n) is 3.33. The molecule has 1 aliphatic rings. The molecule has 0 radical (unpaired) electrons. The average Bonchev–Trinajstić information content (AvgIpc) is 2.68. The molecule has 0 amide bonds. The van der Waals surface area contributed by atoms with Crippen molar-refractivity contribution in [3.8, 4) is 0 Å². The van der Waals surface area contributed by atoms with Crippen LogP contribution in [0.2, 0.25) is 0 Å². The van der Waals surface area contributed by atoms with E-state index in [4.69, 9.17) is 10.9 Å². The first-order valence-corrected chi connectivity index (χ1v) is 5.77. The Kier molecular flexibility index (Phi) is 2.92. The minimum atomic E-state index is 0.0683. The summed E-state index contributed by atoms with van der Waals surface area (Å²) in [7, 11) is 0. The molecule has 5 heteroatoms. The number of hydrogen-bond acceptors (Lipinski definition) is 4. The van der Waals surface area contributed by atoms with Gasteiger partial charge < -0.3 is 15.8 Å². The van der Waals surface area contributed by atoms with E-state index < -0.39 is 0 Å². The predicted molar refractivity (Wildman–Crippen MR) is 67.4 cm³/mol. The van der Waals surface area contributed by atoms with Gasteiger partial charge in [-0.25, -0.2) is 4.98 Å². The molecule has 2 heterocycles. The average molecular weight is 234 g/mol. The molecular formula is C12H18N4O. The van der Waals surface area contributed by atoms with Gasteiger partial charge in [0.05, 0.1) is 5.56 Å². The van der Waals surface area contributed by atoms with E-state index in [9.17, 15) is 0 Å². The number of hydrogen-bond donors (Lipinski definition) is 2. The maximum Gasteiger partial charge on any atom is 0.173 e. The second kappa shape index (κ2) is 4.24. The summed E-state index contributed by atoms with van der Waals surface area (Å²) in [4.78, 5) is 6.60. The van der Waals surface area contributed by atoms with E-state index in [2.05, 4.69) is 28.9 Å². The van der Waals surface area contributed by atoms with Crippen LogP contribution in [0.15, 0.2) is 23.5 Å². The summed E-state index contributed by atoms with van der Waals surface area (Å²) in [6, 6.07) is 3.62. The fourth-order valence-electron chi connectivity index (χ4n) is 2.37. The van der Waals surface area contributed by atoms with Crippen LogP contribution >= 0.6 is 0 Å². The van der Waals surface area contributed by atoms with E-state index in [1.54, 1.807) is 12.3 Å². The summed E-state index contributed by atoms with van der Waals surface area (Å²) in [5.74, 6) is 0.904. The van der Waals surface area contributed by atoms with Gasteiger partial charge in [-0.1, -0.05) is 5.16 Å². The Morgan fingerprint density at radius 3 is 2.94 bits per heavy atom. The van der Waals surface area contributed by atoms with Crippen LogP contribution in [-0.2, 0) is 0 Å². The van der Waals surface area contributed by atoms with Gasteiger partial charge >= 0.3 is 0 Å². The van der Waals surface area contributed by atoms with E-state index in [1.807, 2.05) is 6.07 Å². The lowest BCUT2D eigenvalue weighted by molar-refractivity contribution is 0.318. The molecule has 0 unspecified atom stereocenters. The third-order valence-corrected chi connectivity index (χ3v) is 3.33. The summed E-state index contributed by atoms with van der Waals surface area (Å²) in [5, 5.41) is 11.9. The molecule has 3 N–H and O–H groups in total. The van der Waals surface area contributed by atoms with Crippen LogP contribution in [0.3, 0.4) is 0 Å². The topological polar surface area (TPSA) is 74.7 Å². The molecule has 5 nitrogen and oxygen atoms in total. The second-order valence-electron chi connectivity index (χ2n) is 4.93. The summed E-state index contributed by atoms with van der Waals surface area (Å²) < 4.78 is 0. The van der Waals surface area contributed by atoms with Crippen molar-refractivity contribution in [2.75, 3.05) is 11.4 Å². The first-order valence-electron chi connectivity index (χ1n) is 5.77.